The van der Waals surface area contributed by atoms with E-state index in [1.54, 1.807) is 18.2 Å². The molecule has 0 saturated heterocycles. The second-order valence-corrected chi connectivity index (χ2v) is 4.46. The number of aliphatic hydroxyl groups excluding tert-OH is 1. The van der Waals surface area contributed by atoms with E-state index in [0.29, 0.717) is 17.3 Å². The molecular weight excluding hydrogens is 293 g/mol. The highest BCUT2D eigenvalue weighted by Crippen LogP contribution is 2.27. The summed E-state index contributed by atoms with van der Waals surface area (Å²) < 4.78 is 13.4. The number of carbonyl (C=O) groups excluding carboxylic acids is 1. The molecule has 1 amide bonds. The van der Waals surface area contributed by atoms with Gasteiger partial charge in [-0.3, -0.25) is 14.9 Å². The molecule has 0 spiro atoms. The molecule has 114 valence electrons. The molecule has 0 aliphatic heterocycles. The number of aliphatic hydroxyl groups is 1. The second kappa shape index (κ2) is 6.19. The fourth-order valence-corrected chi connectivity index (χ4v) is 1.89. The normalized spacial score (nSPS) is 10.3. The second-order valence-electron chi connectivity index (χ2n) is 4.46. The number of rotatable bonds is 4. The Morgan fingerprint density at radius 3 is 2.73 bits per heavy atom. The average molecular weight is 305 g/mol. The predicted molar refractivity (Wildman–Crippen MR) is 77.8 cm³/mol. The molecule has 0 aliphatic carbocycles. The van der Waals surface area contributed by atoms with Gasteiger partial charge < -0.3 is 16.2 Å². The zero-order valence-electron chi connectivity index (χ0n) is 11.2. The molecule has 22 heavy (non-hydrogen) atoms. The number of nitrogen functional groups attached to an aromatic ring is 1. The van der Waals surface area contributed by atoms with Crippen molar-refractivity contribution in [2.24, 2.45) is 0 Å². The molecule has 0 saturated carbocycles. The van der Waals surface area contributed by atoms with Crippen LogP contribution in [0.15, 0.2) is 36.4 Å². The van der Waals surface area contributed by atoms with Crippen molar-refractivity contribution in [3.05, 3.63) is 63.5 Å². The maximum atomic E-state index is 13.4. The van der Waals surface area contributed by atoms with Gasteiger partial charge >= 0.3 is 0 Å². The van der Waals surface area contributed by atoms with E-state index in [1.165, 1.54) is 6.07 Å². The number of nitro groups is 1. The minimum absolute atomic E-state index is 0.211. The van der Waals surface area contributed by atoms with Crippen LogP contribution in [0.5, 0.6) is 0 Å². The largest absolute Gasteiger partial charge is 0.393 e. The number of carbonyl (C=O) groups is 1. The summed E-state index contributed by atoms with van der Waals surface area (Å²) in [5.74, 6) is -1.72. The maximum Gasteiger partial charge on any atom is 0.295 e. The van der Waals surface area contributed by atoms with Gasteiger partial charge in [-0.25, -0.2) is 4.39 Å². The summed E-state index contributed by atoms with van der Waals surface area (Å²) in [5.41, 5.74) is 5.05. The first-order chi connectivity index (χ1) is 10.4. The van der Waals surface area contributed by atoms with Crippen molar-refractivity contribution in [2.45, 2.75) is 6.61 Å². The Morgan fingerprint density at radius 2 is 2.09 bits per heavy atom. The lowest BCUT2D eigenvalue weighted by atomic mass is 10.1. The van der Waals surface area contributed by atoms with E-state index in [1.807, 2.05) is 0 Å². The summed E-state index contributed by atoms with van der Waals surface area (Å²) in [7, 11) is 0. The molecule has 0 aromatic heterocycles. The quantitative estimate of drug-likeness (QED) is 0.454. The van der Waals surface area contributed by atoms with Crippen LogP contribution in [0.3, 0.4) is 0 Å². The van der Waals surface area contributed by atoms with Crippen molar-refractivity contribution in [1.82, 2.24) is 0 Å². The van der Waals surface area contributed by atoms with Crippen molar-refractivity contribution in [1.29, 1.82) is 0 Å². The molecule has 7 nitrogen and oxygen atoms in total. The fourth-order valence-electron chi connectivity index (χ4n) is 1.89. The summed E-state index contributed by atoms with van der Waals surface area (Å²) in [6.07, 6.45) is 0. The van der Waals surface area contributed by atoms with E-state index in [0.717, 1.165) is 6.07 Å². The van der Waals surface area contributed by atoms with Gasteiger partial charge in [-0.05, 0) is 23.8 Å². The van der Waals surface area contributed by atoms with Crippen LogP contribution in [0.1, 0.15) is 15.9 Å². The first-order valence-corrected chi connectivity index (χ1v) is 6.17. The van der Waals surface area contributed by atoms with Crippen LogP contribution < -0.4 is 11.1 Å². The average Bonchev–Trinajstić information content (AvgIpc) is 2.49. The summed E-state index contributed by atoms with van der Waals surface area (Å²) in [6, 6.07) is 7.81. The number of nitrogens with two attached hydrogens (primary N) is 1. The Balaban J connectivity index is 2.35. The number of halogens is 1. The van der Waals surface area contributed by atoms with Gasteiger partial charge in [0.1, 0.15) is 11.5 Å². The maximum absolute atomic E-state index is 13.4. The van der Waals surface area contributed by atoms with E-state index >= 15 is 0 Å². The minimum Gasteiger partial charge on any atom is -0.393 e. The van der Waals surface area contributed by atoms with Crippen LogP contribution in [0.25, 0.3) is 0 Å². The van der Waals surface area contributed by atoms with Crippen LogP contribution in [-0.2, 0) is 6.61 Å². The SMILES string of the molecule is Nc1c(C(=O)Nc2cccc(CO)c2)cc(F)cc1[N+](=O)[O-]. The molecule has 0 unspecified atom stereocenters. The summed E-state index contributed by atoms with van der Waals surface area (Å²) in [5, 5.41) is 22.3. The monoisotopic (exact) mass is 305 g/mol. The first-order valence-electron chi connectivity index (χ1n) is 6.17. The molecule has 0 aliphatic rings. The Labute approximate surface area is 124 Å². The third-order valence-electron chi connectivity index (χ3n) is 2.93. The highest BCUT2D eigenvalue weighted by molar-refractivity contribution is 6.08. The van der Waals surface area contributed by atoms with E-state index in [2.05, 4.69) is 5.32 Å². The molecule has 2 aromatic rings. The van der Waals surface area contributed by atoms with Crippen molar-refractivity contribution in [3.8, 4) is 0 Å². The number of nitro benzene ring substituents is 1. The van der Waals surface area contributed by atoms with Crippen molar-refractivity contribution in [2.75, 3.05) is 11.1 Å². The van der Waals surface area contributed by atoms with Crippen molar-refractivity contribution in [3.63, 3.8) is 0 Å². The Hall–Kier alpha value is -3.00. The molecule has 0 bridgehead atoms. The molecule has 2 rings (SSSR count). The molecule has 0 atom stereocenters. The highest BCUT2D eigenvalue weighted by atomic mass is 19.1. The van der Waals surface area contributed by atoms with Crippen LogP contribution in [0, 0.1) is 15.9 Å². The number of benzene rings is 2. The molecule has 0 radical (unpaired) electrons. The molecule has 4 N–H and O–H groups in total. The van der Waals surface area contributed by atoms with Crippen molar-refractivity contribution >= 4 is 23.0 Å². The number of hydrogen-bond donors (Lipinski definition) is 3. The number of nitrogens with one attached hydrogen (secondary N) is 1. The van der Waals surface area contributed by atoms with Gasteiger partial charge in [0.25, 0.3) is 11.6 Å². The topological polar surface area (TPSA) is 118 Å². The van der Waals surface area contributed by atoms with Crippen molar-refractivity contribution < 1.29 is 19.2 Å². The minimum atomic E-state index is -0.935. The highest BCUT2D eigenvalue weighted by Gasteiger charge is 2.21. The number of amides is 1. The van der Waals surface area contributed by atoms with Crippen LogP contribution in [0.2, 0.25) is 0 Å². The lowest BCUT2D eigenvalue weighted by Gasteiger charge is -2.09. The van der Waals surface area contributed by atoms with Gasteiger partial charge in [-0.2, -0.15) is 0 Å². The lowest BCUT2D eigenvalue weighted by molar-refractivity contribution is -0.384. The predicted octanol–water partition coefficient (Wildman–Crippen LogP) is 2.06. The molecule has 0 heterocycles. The molecule has 2 aromatic carbocycles. The summed E-state index contributed by atoms with van der Waals surface area (Å²) in [4.78, 5) is 22.0. The van der Waals surface area contributed by atoms with E-state index in [9.17, 15) is 19.3 Å². The summed E-state index contributed by atoms with van der Waals surface area (Å²) in [6.45, 7) is -0.211. The van der Waals surface area contributed by atoms with Gasteiger partial charge in [0.05, 0.1) is 23.2 Å². The lowest BCUT2D eigenvalue weighted by Crippen LogP contribution is -2.15. The van der Waals surface area contributed by atoms with Gasteiger partial charge in [0.2, 0.25) is 0 Å². The number of anilines is 2. The Morgan fingerprint density at radius 1 is 1.36 bits per heavy atom. The zero-order chi connectivity index (χ0) is 16.3. The number of hydrogen-bond acceptors (Lipinski definition) is 5. The van der Waals surface area contributed by atoms with Crippen LogP contribution in [-0.4, -0.2) is 15.9 Å². The smallest absolute Gasteiger partial charge is 0.295 e. The third-order valence-corrected chi connectivity index (χ3v) is 2.93. The number of nitrogens with zero attached hydrogens (tertiary/aromatic N) is 1. The third kappa shape index (κ3) is 3.18. The summed E-state index contributed by atoms with van der Waals surface area (Å²) >= 11 is 0. The zero-order valence-corrected chi connectivity index (χ0v) is 11.2. The van der Waals surface area contributed by atoms with Crippen LogP contribution in [0.4, 0.5) is 21.5 Å². The fraction of sp³-hybridized carbons (Fsp3) is 0.0714. The molecule has 8 heteroatoms. The molecular formula is C14H12FN3O4. The van der Waals surface area contributed by atoms with Gasteiger partial charge in [0, 0.05) is 5.69 Å². The molecule has 0 fully saturated rings. The van der Waals surface area contributed by atoms with Gasteiger partial charge in [-0.1, -0.05) is 12.1 Å². The van der Waals surface area contributed by atoms with Crippen LogP contribution >= 0.6 is 0 Å². The van der Waals surface area contributed by atoms with E-state index < -0.39 is 28.0 Å². The van der Waals surface area contributed by atoms with E-state index in [4.69, 9.17) is 10.8 Å². The van der Waals surface area contributed by atoms with Gasteiger partial charge in [0.15, 0.2) is 0 Å². The van der Waals surface area contributed by atoms with E-state index in [-0.39, 0.29) is 12.2 Å². The standard InChI is InChI=1S/C14H12FN3O4/c15-9-5-11(13(16)12(6-9)18(21)22)14(20)17-10-3-1-2-8(4-10)7-19/h1-6,19H,7,16H2,(H,17,20). The first kappa shape index (κ1) is 15.4. The Kier molecular flexibility index (Phi) is 4.33. The van der Waals surface area contributed by atoms with Gasteiger partial charge in [-0.15, -0.1) is 0 Å². The Bertz CT molecular complexity index is 749.